The molecule has 0 bridgehead atoms. The normalized spacial score (nSPS) is 12.8. The molecular formula is C9H14N2O. The summed E-state index contributed by atoms with van der Waals surface area (Å²) in [5, 5.41) is 12.3. The van der Waals surface area contributed by atoms with Crippen LogP contribution >= 0.6 is 0 Å². The Hall–Kier alpha value is -0.930. The lowest BCUT2D eigenvalue weighted by Gasteiger charge is -2.08. The monoisotopic (exact) mass is 166 g/mol. The number of aliphatic hydroxyl groups excluding tert-OH is 1. The average Bonchev–Trinajstić information content (AvgIpc) is 2.06. The summed E-state index contributed by atoms with van der Waals surface area (Å²) in [7, 11) is 1.83. The van der Waals surface area contributed by atoms with Crippen molar-refractivity contribution < 1.29 is 5.11 Å². The van der Waals surface area contributed by atoms with Crippen LogP contribution in [0.25, 0.3) is 0 Å². The number of hydrogen-bond donors (Lipinski definition) is 2. The summed E-state index contributed by atoms with van der Waals surface area (Å²) in [6.07, 6.45) is 3.85. The van der Waals surface area contributed by atoms with E-state index in [4.69, 9.17) is 0 Å². The molecule has 1 unspecified atom stereocenters. The molecule has 0 radical (unpaired) electrons. The molecule has 0 fully saturated rings. The van der Waals surface area contributed by atoms with Crippen molar-refractivity contribution >= 4 is 0 Å². The van der Waals surface area contributed by atoms with Crippen LogP contribution < -0.4 is 5.32 Å². The van der Waals surface area contributed by atoms with E-state index in [-0.39, 0.29) is 6.10 Å². The van der Waals surface area contributed by atoms with E-state index >= 15 is 0 Å². The molecule has 0 aliphatic rings. The van der Waals surface area contributed by atoms with Gasteiger partial charge in [-0.25, -0.2) is 0 Å². The first-order chi connectivity index (χ1) is 5.83. The summed E-state index contributed by atoms with van der Waals surface area (Å²) in [4.78, 5) is 3.97. The van der Waals surface area contributed by atoms with Gasteiger partial charge in [0.2, 0.25) is 0 Å². The van der Waals surface area contributed by atoms with Gasteiger partial charge in [-0.2, -0.15) is 0 Å². The highest BCUT2D eigenvalue weighted by atomic mass is 16.3. The van der Waals surface area contributed by atoms with Crippen molar-refractivity contribution in [2.45, 2.75) is 12.5 Å². The number of rotatable bonds is 4. The van der Waals surface area contributed by atoms with Gasteiger partial charge in [-0.05, 0) is 18.7 Å². The lowest BCUT2D eigenvalue weighted by molar-refractivity contribution is 0.174. The fourth-order valence-corrected chi connectivity index (χ4v) is 1.10. The molecule has 0 saturated heterocycles. The van der Waals surface area contributed by atoms with Crippen molar-refractivity contribution in [3.63, 3.8) is 0 Å². The maximum atomic E-state index is 9.41. The largest absolute Gasteiger partial charge is 0.391 e. The quantitative estimate of drug-likeness (QED) is 0.672. The molecular weight excluding hydrogens is 152 g/mol. The molecule has 1 atom stereocenters. The second-order valence-corrected chi connectivity index (χ2v) is 2.78. The lowest BCUT2D eigenvalue weighted by atomic mass is 10.1. The van der Waals surface area contributed by atoms with Crippen LogP contribution in [0.5, 0.6) is 0 Å². The van der Waals surface area contributed by atoms with Crippen molar-refractivity contribution in [2.75, 3.05) is 13.6 Å². The van der Waals surface area contributed by atoms with Crippen molar-refractivity contribution in [2.24, 2.45) is 0 Å². The van der Waals surface area contributed by atoms with Crippen molar-refractivity contribution in [3.05, 3.63) is 30.1 Å². The lowest BCUT2D eigenvalue weighted by Crippen LogP contribution is -2.25. The zero-order valence-electron chi connectivity index (χ0n) is 7.20. The van der Waals surface area contributed by atoms with E-state index in [2.05, 4.69) is 10.3 Å². The number of aromatic nitrogens is 1. The summed E-state index contributed by atoms with van der Waals surface area (Å²) >= 11 is 0. The molecule has 0 saturated carbocycles. The first-order valence-corrected chi connectivity index (χ1v) is 4.04. The number of likely N-dealkylation sites (N-methyl/N-ethyl adjacent to an activating group) is 1. The van der Waals surface area contributed by atoms with Gasteiger partial charge < -0.3 is 10.4 Å². The number of nitrogens with zero attached hydrogens (tertiary/aromatic N) is 1. The zero-order chi connectivity index (χ0) is 8.81. The van der Waals surface area contributed by atoms with E-state index in [1.165, 1.54) is 0 Å². The van der Waals surface area contributed by atoms with Gasteiger partial charge in [0, 0.05) is 25.4 Å². The molecule has 3 nitrogen and oxygen atoms in total. The van der Waals surface area contributed by atoms with Crippen LogP contribution in [0.2, 0.25) is 0 Å². The van der Waals surface area contributed by atoms with Crippen molar-refractivity contribution in [1.82, 2.24) is 10.3 Å². The number of nitrogens with one attached hydrogen (secondary N) is 1. The van der Waals surface area contributed by atoms with E-state index in [0.717, 1.165) is 5.56 Å². The average molecular weight is 166 g/mol. The molecule has 2 N–H and O–H groups in total. The topological polar surface area (TPSA) is 45.1 Å². The molecule has 0 aromatic carbocycles. The highest BCUT2D eigenvalue weighted by Crippen LogP contribution is 1.99. The second-order valence-electron chi connectivity index (χ2n) is 2.78. The molecule has 1 aromatic heterocycles. The molecule has 1 rings (SSSR count). The third-order valence-electron chi connectivity index (χ3n) is 1.63. The standard InChI is InChI=1S/C9H14N2O/c1-10-7-9(12)5-8-3-2-4-11-6-8/h2-4,6,9-10,12H,5,7H2,1H3. The van der Waals surface area contributed by atoms with E-state index < -0.39 is 0 Å². The second kappa shape index (κ2) is 4.85. The highest BCUT2D eigenvalue weighted by molar-refractivity contribution is 5.09. The Morgan fingerprint density at radius 3 is 3.08 bits per heavy atom. The smallest absolute Gasteiger partial charge is 0.0705 e. The van der Waals surface area contributed by atoms with Gasteiger partial charge in [-0.15, -0.1) is 0 Å². The Labute approximate surface area is 72.5 Å². The van der Waals surface area contributed by atoms with Crippen LogP contribution in [0.15, 0.2) is 24.5 Å². The Balaban J connectivity index is 2.41. The maximum absolute atomic E-state index is 9.41. The molecule has 0 amide bonds. The van der Waals surface area contributed by atoms with Crippen LogP contribution in [-0.2, 0) is 6.42 Å². The fourth-order valence-electron chi connectivity index (χ4n) is 1.10. The van der Waals surface area contributed by atoms with Crippen molar-refractivity contribution in [3.8, 4) is 0 Å². The summed E-state index contributed by atoms with van der Waals surface area (Å²) in [6, 6.07) is 3.84. The Bertz CT molecular complexity index is 213. The van der Waals surface area contributed by atoms with Crippen molar-refractivity contribution in [1.29, 1.82) is 0 Å². The summed E-state index contributed by atoms with van der Waals surface area (Å²) in [5.74, 6) is 0. The highest BCUT2D eigenvalue weighted by Gasteiger charge is 2.02. The molecule has 66 valence electrons. The van der Waals surface area contributed by atoms with Gasteiger partial charge in [0.15, 0.2) is 0 Å². The number of pyridine rings is 1. The molecule has 1 aromatic rings. The molecule has 3 heteroatoms. The fraction of sp³-hybridized carbons (Fsp3) is 0.444. The van der Waals surface area contributed by atoms with E-state index in [9.17, 15) is 5.11 Å². The maximum Gasteiger partial charge on any atom is 0.0705 e. The van der Waals surface area contributed by atoms with Gasteiger partial charge in [0.1, 0.15) is 0 Å². The first-order valence-electron chi connectivity index (χ1n) is 4.04. The van der Waals surface area contributed by atoms with Gasteiger partial charge in [-0.3, -0.25) is 4.98 Å². The van der Waals surface area contributed by atoms with Gasteiger partial charge in [0.05, 0.1) is 6.10 Å². The molecule has 0 spiro atoms. The zero-order valence-corrected chi connectivity index (χ0v) is 7.20. The van der Waals surface area contributed by atoms with Crippen LogP contribution in [-0.4, -0.2) is 29.8 Å². The molecule has 12 heavy (non-hydrogen) atoms. The molecule has 0 aliphatic heterocycles. The predicted octanol–water partition coefficient (Wildman–Crippen LogP) is 0.204. The Morgan fingerprint density at radius 1 is 1.67 bits per heavy atom. The minimum absolute atomic E-state index is 0.320. The van der Waals surface area contributed by atoms with Gasteiger partial charge >= 0.3 is 0 Å². The number of hydrogen-bond acceptors (Lipinski definition) is 3. The van der Waals surface area contributed by atoms with Crippen LogP contribution in [0, 0.1) is 0 Å². The summed E-state index contributed by atoms with van der Waals surface area (Å²) < 4.78 is 0. The van der Waals surface area contributed by atoms with E-state index in [1.807, 2.05) is 19.2 Å². The Morgan fingerprint density at radius 2 is 2.50 bits per heavy atom. The van der Waals surface area contributed by atoms with Crippen LogP contribution in [0.1, 0.15) is 5.56 Å². The minimum Gasteiger partial charge on any atom is -0.391 e. The number of aliphatic hydroxyl groups is 1. The molecule has 0 aliphatic carbocycles. The van der Waals surface area contributed by atoms with Crippen LogP contribution in [0.4, 0.5) is 0 Å². The minimum atomic E-state index is -0.320. The van der Waals surface area contributed by atoms with E-state index in [1.54, 1.807) is 12.4 Å². The van der Waals surface area contributed by atoms with Crippen LogP contribution in [0.3, 0.4) is 0 Å². The first kappa shape index (κ1) is 9.16. The predicted molar refractivity (Wildman–Crippen MR) is 47.9 cm³/mol. The van der Waals surface area contributed by atoms with Gasteiger partial charge in [0.25, 0.3) is 0 Å². The Kier molecular flexibility index (Phi) is 3.70. The molecule has 1 heterocycles. The SMILES string of the molecule is CNCC(O)Cc1cccnc1. The summed E-state index contributed by atoms with van der Waals surface area (Å²) in [6.45, 7) is 0.620. The van der Waals surface area contributed by atoms with Gasteiger partial charge in [-0.1, -0.05) is 6.07 Å². The van der Waals surface area contributed by atoms with E-state index in [0.29, 0.717) is 13.0 Å². The third kappa shape index (κ3) is 2.98. The third-order valence-corrected chi connectivity index (χ3v) is 1.63. The summed E-state index contributed by atoms with van der Waals surface area (Å²) in [5.41, 5.74) is 1.07.